The minimum atomic E-state index is 0.588. The van der Waals surface area contributed by atoms with Crippen molar-refractivity contribution in [2.45, 2.75) is 13.1 Å². The molecular weight excluding hydrogens is 307 g/mol. The lowest BCUT2D eigenvalue weighted by atomic mass is 10.2. The summed E-state index contributed by atoms with van der Waals surface area (Å²) in [5.74, 6) is 0.727. The molecule has 6 heteroatoms. The number of benzene rings is 1. The molecule has 2 rings (SSSR count). The molecule has 21 heavy (non-hydrogen) atoms. The van der Waals surface area contributed by atoms with E-state index >= 15 is 0 Å². The molecule has 1 aromatic carbocycles. The summed E-state index contributed by atoms with van der Waals surface area (Å²) in [7, 11) is 3.74. The Balaban J connectivity index is 1.88. The van der Waals surface area contributed by atoms with Crippen LogP contribution in [0.25, 0.3) is 0 Å². The summed E-state index contributed by atoms with van der Waals surface area (Å²) >= 11 is 12.0. The van der Waals surface area contributed by atoms with E-state index in [4.69, 9.17) is 23.2 Å². The second kappa shape index (κ2) is 7.38. The maximum absolute atomic E-state index is 6.14. The van der Waals surface area contributed by atoms with Gasteiger partial charge >= 0.3 is 0 Å². The van der Waals surface area contributed by atoms with Crippen LogP contribution in [0.3, 0.4) is 0 Å². The number of hydrogen-bond donors (Lipinski definition) is 2. The monoisotopic (exact) mass is 324 g/mol. The molecule has 0 bridgehead atoms. The zero-order chi connectivity index (χ0) is 15.2. The highest BCUT2D eigenvalue weighted by atomic mass is 35.5. The lowest BCUT2D eigenvalue weighted by Gasteiger charge is -2.12. The Morgan fingerprint density at radius 1 is 1.19 bits per heavy atom. The first-order valence-corrected chi connectivity index (χ1v) is 7.33. The molecule has 0 aliphatic heterocycles. The van der Waals surface area contributed by atoms with E-state index in [1.54, 1.807) is 13.1 Å². The molecular formula is C15H18Cl2N4. The standard InChI is InChI=1S/C15H18Cl2N4/c1-18-15(19-8-11-5-6-21(2)10-11)20-9-12-3-4-13(16)7-14(12)17/h3-7,10H,8-9H2,1-2H3,(H2,18,19,20). The van der Waals surface area contributed by atoms with Crippen molar-refractivity contribution >= 4 is 29.2 Å². The van der Waals surface area contributed by atoms with Crippen LogP contribution in [0.15, 0.2) is 41.7 Å². The molecule has 0 radical (unpaired) electrons. The van der Waals surface area contributed by atoms with Crippen molar-refractivity contribution in [1.82, 2.24) is 15.2 Å². The van der Waals surface area contributed by atoms with Crippen molar-refractivity contribution < 1.29 is 0 Å². The van der Waals surface area contributed by atoms with E-state index in [0.29, 0.717) is 16.6 Å². The van der Waals surface area contributed by atoms with E-state index in [2.05, 4.69) is 27.9 Å². The predicted molar refractivity (Wildman–Crippen MR) is 88.9 cm³/mol. The number of hydrogen-bond acceptors (Lipinski definition) is 1. The topological polar surface area (TPSA) is 41.4 Å². The van der Waals surface area contributed by atoms with Gasteiger partial charge in [-0.15, -0.1) is 0 Å². The molecule has 1 aromatic heterocycles. The Kier molecular flexibility index (Phi) is 5.53. The van der Waals surface area contributed by atoms with Crippen molar-refractivity contribution in [2.24, 2.45) is 12.0 Å². The van der Waals surface area contributed by atoms with Gasteiger partial charge in [0.1, 0.15) is 0 Å². The van der Waals surface area contributed by atoms with Gasteiger partial charge in [0.05, 0.1) is 0 Å². The number of aliphatic imine (C=N–C) groups is 1. The second-order valence-electron chi connectivity index (χ2n) is 4.70. The summed E-state index contributed by atoms with van der Waals surface area (Å²) in [4.78, 5) is 4.19. The maximum Gasteiger partial charge on any atom is 0.191 e. The van der Waals surface area contributed by atoms with Gasteiger partial charge in [-0.25, -0.2) is 0 Å². The molecule has 0 aliphatic rings. The van der Waals surface area contributed by atoms with Gasteiger partial charge in [0.25, 0.3) is 0 Å². The molecule has 0 amide bonds. The largest absolute Gasteiger partial charge is 0.357 e. The van der Waals surface area contributed by atoms with Crippen LogP contribution in [0.4, 0.5) is 0 Å². The average molecular weight is 325 g/mol. The zero-order valence-corrected chi connectivity index (χ0v) is 13.5. The molecule has 0 atom stereocenters. The van der Waals surface area contributed by atoms with Gasteiger partial charge in [-0.1, -0.05) is 29.3 Å². The van der Waals surface area contributed by atoms with Crippen LogP contribution in [0.1, 0.15) is 11.1 Å². The summed E-state index contributed by atoms with van der Waals surface area (Å²) in [6.07, 6.45) is 4.08. The van der Waals surface area contributed by atoms with Crippen LogP contribution in [0.2, 0.25) is 10.0 Å². The number of aromatic nitrogens is 1. The van der Waals surface area contributed by atoms with Crippen LogP contribution in [0, 0.1) is 0 Å². The van der Waals surface area contributed by atoms with Gasteiger partial charge in [0.15, 0.2) is 5.96 Å². The second-order valence-corrected chi connectivity index (χ2v) is 5.54. The van der Waals surface area contributed by atoms with Crippen LogP contribution in [-0.4, -0.2) is 17.6 Å². The minimum Gasteiger partial charge on any atom is -0.357 e. The van der Waals surface area contributed by atoms with Gasteiger partial charge in [-0.3, -0.25) is 4.99 Å². The third kappa shape index (κ3) is 4.69. The Labute approximate surface area is 134 Å². The number of rotatable bonds is 4. The molecule has 0 saturated heterocycles. The summed E-state index contributed by atoms with van der Waals surface area (Å²) in [5, 5.41) is 7.77. The molecule has 2 N–H and O–H groups in total. The van der Waals surface area contributed by atoms with Crippen molar-refractivity contribution in [3.05, 3.63) is 57.8 Å². The molecule has 2 aromatic rings. The molecule has 0 spiro atoms. The highest BCUT2D eigenvalue weighted by molar-refractivity contribution is 6.35. The van der Waals surface area contributed by atoms with Crippen molar-refractivity contribution in [3.8, 4) is 0 Å². The molecule has 1 heterocycles. The highest BCUT2D eigenvalue weighted by Crippen LogP contribution is 2.20. The third-order valence-corrected chi connectivity index (χ3v) is 3.63. The number of nitrogens with zero attached hydrogens (tertiary/aromatic N) is 2. The number of aryl methyl sites for hydroxylation is 1. The SMILES string of the molecule is CN=C(NCc1ccn(C)c1)NCc1ccc(Cl)cc1Cl. The molecule has 0 saturated carbocycles. The van der Waals surface area contributed by atoms with E-state index < -0.39 is 0 Å². The van der Waals surface area contributed by atoms with Crippen LogP contribution in [0.5, 0.6) is 0 Å². The summed E-state index contributed by atoms with van der Waals surface area (Å²) in [6.45, 7) is 1.30. The molecule has 0 unspecified atom stereocenters. The normalized spacial score (nSPS) is 11.5. The van der Waals surface area contributed by atoms with Crippen LogP contribution >= 0.6 is 23.2 Å². The van der Waals surface area contributed by atoms with Gasteiger partial charge in [0.2, 0.25) is 0 Å². The van der Waals surface area contributed by atoms with Gasteiger partial charge in [-0.05, 0) is 29.3 Å². The summed E-state index contributed by atoms with van der Waals surface area (Å²) < 4.78 is 2.01. The molecule has 0 aliphatic carbocycles. The Morgan fingerprint density at radius 2 is 1.95 bits per heavy atom. The van der Waals surface area contributed by atoms with E-state index in [-0.39, 0.29) is 0 Å². The van der Waals surface area contributed by atoms with Crippen molar-refractivity contribution in [3.63, 3.8) is 0 Å². The third-order valence-electron chi connectivity index (χ3n) is 3.04. The predicted octanol–water partition coefficient (Wildman–Crippen LogP) is 3.20. The Morgan fingerprint density at radius 3 is 2.57 bits per heavy atom. The van der Waals surface area contributed by atoms with Crippen LogP contribution in [-0.2, 0) is 20.1 Å². The first-order chi connectivity index (χ1) is 10.1. The highest BCUT2D eigenvalue weighted by Gasteiger charge is 2.03. The van der Waals surface area contributed by atoms with E-state index in [0.717, 1.165) is 18.1 Å². The molecule has 112 valence electrons. The van der Waals surface area contributed by atoms with E-state index in [1.165, 1.54) is 5.56 Å². The lowest BCUT2D eigenvalue weighted by Crippen LogP contribution is -2.36. The van der Waals surface area contributed by atoms with E-state index in [9.17, 15) is 0 Å². The summed E-state index contributed by atoms with van der Waals surface area (Å²) in [5.41, 5.74) is 2.17. The minimum absolute atomic E-state index is 0.588. The smallest absolute Gasteiger partial charge is 0.191 e. The molecule has 4 nitrogen and oxygen atoms in total. The first-order valence-electron chi connectivity index (χ1n) is 6.58. The number of guanidine groups is 1. The number of nitrogens with one attached hydrogen (secondary N) is 2. The van der Waals surface area contributed by atoms with Crippen LogP contribution < -0.4 is 10.6 Å². The van der Waals surface area contributed by atoms with Gasteiger partial charge in [-0.2, -0.15) is 0 Å². The fourth-order valence-corrected chi connectivity index (χ4v) is 2.39. The Bertz CT molecular complexity index is 634. The van der Waals surface area contributed by atoms with Gasteiger partial charge < -0.3 is 15.2 Å². The fraction of sp³-hybridized carbons (Fsp3) is 0.267. The average Bonchev–Trinajstić information content (AvgIpc) is 2.86. The van der Waals surface area contributed by atoms with E-state index in [1.807, 2.05) is 29.9 Å². The maximum atomic E-state index is 6.14. The summed E-state index contributed by atoms with van der Waals surface area (Å²) in [6, 6.07) is 7.53. The Hall–Kier alpha value is -1.65. The first kappa shape index (κ1) is 15.7. The fourth-order valence-electron chi connectivity index (χ4n) is 1.92. The molecule has 0 fully saturated rings. The van der Waals surface area contributed by atoms with Crippen molar-refractivity contribution in [2.75, 3.05) is 7.05 Å². The van der Waals surface area contributed by atoms with Crippen molar-refractivity contribution in [1.29, 1.82) is 0 Å². The number of halogens is 2. The van der Waals surface area contributed by atoms with Gasteiger partial charge in [0, 0.05) is 49.6 Å². The lowest BCUT2D eigenvalue weighted by molar-refractivity contribution is 0.806. The quantitative estimate of drug-likeness (QED) is 0.669. The zero-order valence-electron chi connectivity index (χ0n) is 12.0.